The Morgan fingerprint density at radius 3 is 2.79 bits per heavy atom. The van der Waals surface area contributed by atoms with Gasteiger partial charge in [-0.3, -0.25) is 5.10 Å². The Hall–Kier alpha value is -3.35. The average molecular weight is 377 g/mol. The van der Waals surface area contributed by atoms with Gasteiger partial charge < -0.3 is 5.32 Å². The lowest BCUT2D eigenvalue weighted by molar-refractivity contribution is 0.486. The number of aromatic nitrogens is 4. The van der Waals surface area contributed by atoms with E-state index in [2.05, 4.69) is 15.5 Å². The predicted molar refractivity (Wildman–Crippen MR) is 104 cm³/mol. The van der Waals surface area contributed by atoms with Crippen LogP contribution >= 0.6 is 0 Å². The molecule has 28 heavy (non-hydrogen) atoms. The number of nitrogens with zero attached hydrogens (tertiary/aromatic N) is 3. The molecule has 5 nitrogen and oxygen atoms in total. The second-order valence-corrected chi connectivity index (χ2v) is 6.83. The van der Waals surface area contributed by atoms with Crippen molar-refractivity contribution in [3.63, 3.8) is 0 Å². The molecule has 0 saturated heterocycles. The maximum atomic E-state index is 14.0. The Bertz CT molecular complexity index is 1180. The maximum Gasteiger partial charge on any atom is 0.162 e. The van der Waals surface area contributed by atoms with Crippen LogP contribution in [0.3, 0.4) is 0 Å². The van der Waals surface area contributed by atoms with Crippen LogP contribution in [0.2, 0.25) is 0 Å². The van der Waals surface area contributed by atoms with Crippen molar-refractivity contribution in [1.82, 2.24) is 20.2 Å². The van der Waals surface area contributed by atoms with Gasteiger partial charge in [-0.05, 0) is 37.0 Å². The molecule has 0 spiro atoms. The van der Waals surface area contributed by atoms with E-state index in [9.17, 15) is 8.78 Å². The maximum absolute atomic E-state index is 14.0. The lowest BCUT2D eigenvalue weighted by Crippen LogP contribution is -2.05. The second kappa shape index (κ2) is 6.67. The van der Waals surface area contributed by atoms with Gasteiger partial charge in [-0.2, -0.15) is 5.10 Å². The quantitative estimate of drug-likeness (QED) is 0.533. The monoisotopic (exact) mass is 377 g/mol. The zero-order valence-corrected chi connectivity index (χ0v) is 15.0. The zero-order valence-electron chi connectivity index (χ0n) is 15.0. The van der Waals surface area contributed by atoms with Gasteiger partial charge >= 0.3 is 0 Å². The van der Waals surface area contributed by atoms with Crippen LogP contribution in [0.15, 0.2) is 42.5 Å². The molecule has 4 aromatic rings. The van der Waals surface area contributed by atoms with Crippen LogP contribution in [-0.2, 0) is 19.5 Å². The number of anilines is 2. The number of hydrogen-bond acceptors (Lipinski definition) is 4. The fourth-order valence-electron chi connectivity index (χ4n) is 3.73. The van der Waals surface area contributed by atoms with Crippen LogP contribution in [0.1, 0.15) is 23.2 Å². The van der Waals surface area contributed by atoms with Gasteiger partial charge in [0.05, 0.1) is 0 Å². The third-order valence-corrected chi connectivity index (χ3v) is 5.12. The van der Waals surface area contributed by atoms with Gasteiger partial charge in [0.1, 0.15) is 23.8 Å². The van der Waals surface area contributed by atoms with Crippen molar-refractivity contribution in [2.45, 2.75) is 25.9 Å². The summed E-state index contributed by atoms with van der Waals surface area (Å²) in [6.45, 7) is -0.581. The Kier molecular flexibility index (Phi) is 4.00. The molecule has 0 radical (unpaired) electrons. The first kappa shape index (κ1) is 16.8. The van der Waals surface area contributed by atoms with Gasteiger partial charge in [0.15, 0.2) is 11.6 Å². The Balaban J connectivity index is 1.63. The molecule has 0 unspecified atom stereocenters. The van der Waals surface area contributed by atoms with E-state index in [0.29, 0.717) is 39.5 Å². The minimum absolute atomic E-state index is 0.346. The summed E-state index contributed by atoms with van der Waals surface area (Å²) in [5.41, 5.74) is 3.58. The van der Waals surface area contributed by atoms with Crippen molar-refractivity contribution in [3.8, 4) is 11.4 Å². The number of benzene rings is 2. The van der Waals surface area contributed by atoms with Crippen LogP contribution in [0.25, 0.3) is 22.3 Å². The number of rotatable bonds is 4. The molecule has 7 heteroatoms. The van der Waals surface area contributed by atoms with E-state index < -0.39 is 6.67 Å². The van der Waals surface area contributed by atoms with E-state index in [4.69, 9.17) is 9.97 Å². The minimum atomic E-state index is -0.581. The van der Waals surface area contributed by atoms with Crippen LogP contribution in [-0.4, -0.2) is 20.2 Å². The molecule has 2 N–H and O–H groups in total. The number of hydrogen-bond donors (Lipinski definition) is 2. The lowest BCUT2D eigenvalue weighted by Gasteiger charge is -2.12. The van der Waals surface area contributed by atoms with Crippen molar-refractivity contribution in [2.75, 3.05) is 5.32 Å². The number of alkyl halides is 1. The van der Waals surface area contributed by atoms with Crippen LogP contribution in [0.5, 0.6) is 0 Å². The van der Waals surface area contributed by atoms with E-state index in [1.54, 1.807) is 24.3 Å². The number of para-hydroxylation sites is 1. The third kappa shape index (κ3) is 2.70. The first-order chi connectivity index (χ1) is 13.7. The number of fused-ring (bicyclic) bond motifs is 2. The highest BCUT2D eigenvalue weighted by molar-refractivity contribution is 5.91. The molecule has 140 valence electrons. The summed E-state index contributed by atoms with van der Waals surface area (Å²) in [6.07, 6.45) is 2.70. The summed E-state index contributed by atoms with van der Waals surface area (Å²) in [4.78, 5) is 9.38. The molecule has 1 aliphatic rings. The summed E-state index contributed by atoms with van der Waals surface area (Å²) >= 11 is 0. The predicted octanol–water partition coefficient (Wildman–Crippen LogP) is 4.86. The van der Waals surface area contributed by atoms with E-state index >= 15 is 0 Å². The fourth-order valence-corrected chi connectivity index (χ4v) is 3.73. The summed E-state index contributed by atoms with van der Waals surface area (Å²) in [7, 11) is 0. The molecule has 0 fully saturated rings. The minimum Gasteiger partial charge on any atom is -0.323 e. The van der Waals surface area contributed by atoms with Gasteiger partial charge in [0.25, 0.3) is 0 Å². The average Bonchev–Trinajstić information content (AvgIpc) is 3.36. The van der Waals surface area contributed by atoms with Crippen molar-refractivity contribution in [3.05, 3.63) is 65.1 Å². The first-order valence-electron chi connectivity index (χ1n) is 9.18. The van der Waals surface area contributed by atoms with Crippen molar-refractivity contribution in [1.29, 1.82) is 0 Å². The highest BCUT2D eigenvalue weighted by atomic mass is 19.1. The van der Waals surface area contributed by atoms with E-state index in [-0.39, 0.29) is 5.82 Å². The Morgan fingerprint density at radius 2 is 1.89 bits per heavy atom. The Morgan fingerprint density at radius 1 is 1.00 bits per heavy atom. The molecule has 0 amide bonds. The summed E-state index contributed by atoms with van der Waals surface area (Å²) < 4.78 is 27.4. The molecule has 5 rings (SSSR count). The van der Waals surface area contributed by atoms with Crippen molar-refractivity contribution in [2.24, 2.45) is 0 Å². The van der Waals surface area contributed by atoms with Gasteiger partial charge in [-0.15, -0.1) is 0 Å². The van der Waals surface area contributed by atoms with Crippen molar-refractivity contribution < 1.29 is 8.78 Å². The second-order valence-electron chi connectivity index (χ2n) is 6.83. The third-order valence-electron chi connectivity index (χ3n) is 5.12. The summed E-state index contributed by atoms with van der Waals surface area (Å²) in [5, 5.41) is 10.8. The summed E-state index contributed by atoms with van der Waals surface area (Å²) in [6, 6.07) is 12.0. The Labute approximate surface area is 159 Å². The number of aryl methyl sites for hydroxylation is 1. The number of halogens is 2. The molecule has 1 aliphatic carbocycles. The molecular formula is C21H17F2N5. The number of aromatic amines is 1. The highest BCUT2D eigenvalue weighted by Crippen LogP contribution is 2.33. The molecule has 0 aliphatic heterocycles. The number of nitrogens with one attached hydrogen (secondary N) is 2. The van der Waals surface area contributed by atoms with Gasteiger partial charge in [0.2, 0.25) is 0 Å². The SMILES string of the molecule is FCc1ccccc1-c1nc2c(c(Nc3n[nH]c4c(F)cccc34)n1)CCC2. The van der Waals surface area contributed by atoms with Crippen molar-refractivity contribution >= 4 is 22.5 Å². The molecule has 0 atom stereocenters. The molecular weight excluding hydrogens is 360 g/mol. The van der Waals surface area contributed by atoms with E-state index in [1.807, 2.05) is 12.1 Å². The van der Waals surface area contributed by atoms with Crippen LogP contribution in [0, 0.1) is 5.82 Å². The van der Waals surface area contributed by atoms with Crippen LogP contribution in [0.4, 0.5) is 20.4 Å². The van der Waals surface area contributed by atoms with E-state index in [0.717, 1.165) is 30.5 Å². The summed E-state index contributed by atoms with van der Waals surface area (Å²) in [5.74, 6) is 1.28. The number of H-pyrrole nitrogens is 1. The first-order valence-corrected chi connectivity index (χ1v) is 9.18. The highest BCUT2D eigenvalue weighted by Gasteiger charge is 2.22. The van der Waals surface area contributed by atoms with Gasteiger partial charge in [-0.25, -0.2) is 18.7 Å². The van der Waals surface area contributed by atoms with Gasteiger partial charge in [0, 0.05) is 22.2 Å². The van der Waals surface area contributed by atoms with Gasteiger partial charge in [-0.1, -0.05) is 30.3 Å². The normalized spacial score (nSPS) is 13.1. The topological polar surface area (TPSA) is 66.5 Å². The molecule has 2 heterocycles. The largest absolute Gasteiger partial charge is 0.323 e. The zero-order chi connectivity index (χ0) is 19.1. The molecule has 0 bridgehead atoms. The standard InChI is InChI=1S/C21H17F2N5/c22-11-12-5-1-2-6-13(12)19-24-17-10-4-7-14(17)20(25-19)26-21-15-8-3-9-16(23)18(15)27-28-21/h1-3,5-6,8-9H,4,7,10-11H2,(H2,24,25,26,27,28). The smallest absolute Gasteiger partial charge is 0.162 e. The molecule has 0 saturated carbocycles. The van der Waals surface area contributed by atoms with Crippen LogP contribution < -0.4 is 5.32 Å². The molecule has 2 aromatic carbocycles. The fraction of sp³-hybridized carbons (Fsp3) is 0.190. The molecule has 2 aromatic heterocycles. The van der Waals surface area contributed by atoms with E-state index in [1.165, 1.54) is 6.07 Å². The lowest BCUT2D eigenvalue weighted by atomic mass is 10.1.